The molecule has 0 atom stereocenters. The minimum atomic E-state index is 0. The summed E-state index contributed by atoms with van der Waals surface area (Å²) in [5, 5.41) is 25.1. The maximum absolute atomic E-state index is 10.8. The van der Waals surface area contributed by atoms with Crippen LogP contribution in [0, 0.1) is 6.92 Å². The molecule has 0 aliphatic rings. The van der Waals surface area contributed by atoms with Crippen LogP contribution in [0.5, 0.6) is 11.5 Å². The van der Waals surface area contributed by atoms with Gasteiger partial charge in [0.05, 0.1) is 55.4 Å². The number of aryl methyl sites for hydroxylation is 1. The van der Waals surface area contributed by atoms with Crippen LogP contribution in [-0.4, -0.2) is 81.1 Å². The van der Waals surface area contributed by atoms with Crippen molar-refractivity contribution in [2.45, 2.75) is 75.2 Å². The molecule has 43 heavy (non-hydrogen) atoms. The molecule has 0 fully saturated rings. The first-order valence-electron chi connectivity index (χ1n) is 14.4. The first-order chi connectivity index (χ1) is 18.3. The predicted molar refractivity (Wildman–Crippen MR) is 192 cm³/mol. The maximum Gasteiger partial charge on any atom is 0.125 e. The lowest BCUT2D eigenvalue weighted by Crippen LogP contribution is -2.36. The highest BCUT2D eigenvalue weighted by atomic mass is 16.3. The van der Waals surface area contributed by atoms with Crippen LogP contribution in [0.3, 0.4) is 0 Å². The van der Waals surface area contributed by atoms with E-state index in [0.29, 0.717) is 18.4 Å². The van der Waals surface area contributed by atoms with E-state index >= 15 is 0 Å². The number of hydrogen-bond donors (Lipinski definition) is 3. The van der Waals surface area contributed by atoms with Crippen molar-refractivity contribution in [2.24, 2.45) is 0 Å². The van der Waals surface area contributed by atoms with Crippen molar-refractivity contribution in [3.8, 4) is 11.5 Å². The number of anilines is 1. The number of benzene rings is 3. The Bertz CT molecular complexity index is 1100. The molecule has 3 rings (SSSR count). The van der Waals surface area contributed by atoms with Crippen LogP contribution in [0.15, 0.2) is 54.6 Å². The van der Waals surface area contributed by atoms with Gasteiger partial charge < -0.3 is 24.5 Å². The molecule has 3 aromatic rings. The van der Waals surface area contributed by atoms with E-state index in [9.17, 15) is 10.2 Å². The Morgan fingerprint density at radius 1 is 0.581 bits per heavy atom. The Morgan fingerprint density at radius 2 is 1.00 bits per heavy atom. The Labute approximate surface area is 266 Å². The summed E-state index contributed by atoms with van der Waals surface area (Å²) < 4.78 is 1.98. The van der Waals surface area contributed by atoms with Gasteiger partial charge in [0.25, 0.3) is 0 Å². The highest BCUT2D eigenvalue weighted by Crippen LogP contribution is 2.36. The lowest BCUT2D eigenvalue weighted by Gasteiger charge is -2.23. The second-order valence-electron chi connectivity index (χ2n) is 13.1. The monoisotopic (exact) mass is 598 g/mol. The zero-order valence-corrected chi connectivity index (χ0v) is 25.3. The number of nitrogens with one attached hydrogen (secondary N) is 1. The highest BCUT2D eigenvalue weighted by Gasteiger charge is 2.15. The average molecular weight is 598 g/mol. The molecule has 0 amide bonds. The SMILES string of the molecule is C.C.C.C.Cc1c(O)c(Cc2ccc(CCCC[N+](C)(C)C)cc2)cc(Cc2ccc(NCCC[N+](C)(C)C)cc2)c1O. The zero-order chi connectivity index (χ0) is 28.6. The number of unbranched alkanes of at least 4 members (excludes halogenated alkanes) is 1. The van der Waals surface area contributed by atoms with Crippen LogP contribution < -0.4 is 5.32 Å². The molecule has 0 aliphatic heterocycles. The van der Waals surface area contributed by atoms with Gasteiger partial charge in [0, 0.05) is 37.1 Å². The van der Waals surface area contributed by atoms with E-state index < -0.39 is 0 Å². The van der Waals surface area contributed by atoms with Gasteiger partial charge in [0.2, 0.25) is 0 Å². The third-order valence-corrected chi connectivity index (χ3v) is 7.31. The Hall–Kier alpha value is -3.02. The second kappa shape index (κ2) is 18.6. The fourth-order valence-electron chi connectivity index (χ4n) is 4.92. The van der Waals surface area contributed by atoms with Crippen molar-refractivity contribution >= 4 is 5.69 Å². The summed E-state index contributed by atoms with van der Waals surface area (Å²) in [5.41, 5.74) is 7.02. The molecule has 0 aliphatic carbocycles. The van der Waals surface area contributed by atoms with Crippen LogP contribution in [0.4, 0.5) is 5.69 Å². The molecule has 0 saturated heterocycles. The first kappa shape index (κ1) is 42.1. The molecule has 0 spiro atoms. The molecule has 0 radical (unpaired) electrons. The van der Waals surface area contributed by atoms with Gasteiger partial charge in [-0.2, -0.15) is 0 Å². The van der Waals surface area contributed by atoms with E-state index in [1.807, 2.05) is 6.07 Å². The Morgan fingerprint density at radius 3 is 1.47 bits per heavy atom. The van der Waals surface area contributed by atoms with Gasteiger partial charge in [0.1, 0.15) is 11.5 Å². The lowest BCUT2D eigenvalue weighted by atomic mass is 9.94. The number of aromatic hydroxyl groups is 2. The molecule has 3 N–H and O–H groups in total. The van der Waals surface area contributed by atoms with Gasteiger partial charge in [-0.15, -0.1) is 0 Å². The van der Waals surface area contributed by atoms with Crippen molar-refractivity contribution in [3.05, 3.63) is 88.0 Å². The van der Waals surface area contributed by atoms with Crippen molar-refractivity contribution in [1.29, 1.82) is 0 Å². The first-order valence-corrected chi connectivity index (χ1v) is 14.4. The van der Waals surface area contributed by atoms with Crippen molar-refractivity contribution in [3.63, 3.8) is 0 Å². The van der Waals surface area contributed by atoms with Crippen LogP contribution in [0.1, 0.15) is 82.3 Å². The quantitative estimate of drug-likeness (QED) is 0.129. The van der Waals surface area contributed by atoms with Gasteiger partial charge >= 0.3 is 0 Å². The fourth-order valence-corrected chi connectivity index (χ4v) is 4.92. The molecule has 0 heterocycles. The Kier molecular flexibility index (Phi) is 18.2. The van der Waals surface area contributed by atoms with Gasteiger partial charge in [-0.3, -0.25) is 0 Å². The lowest BCUT2D eigenvalue weighted by molar-refractivity contribution is -0.870. The van der Waals surface area contributed by atoms with E-state index in [4.69, 9.17) is 0 Å². The van der Waals surface area contributed by atoms with Crippen LogP contribution in [0.25, 0.3) is 0 Å². The largest absolute Gasteiger partial charge is 0.507 e. The highest BCUT2D eigenvalue weighted by molar-refractivity contribution is 5.55. The third kappa shape index (κ3) is 14.3. The number of phenols is 2. The van der Waals surface area contributed by atoms with Crippen LogP contribution in [-0.2, 0) is 19.3 Å². The van der Waals surface area contributed by atoms with E-state index in [-0.39, 0.29) is 41.2 Å². The maximum atomic E-state index is 10.8. The summed E-state index contributed by atoms with van der Waals surface area (Å²) in [6.45, 7) is 5.07. The van der Waals surface area contributed by atoms with E-state index in [2.05, 4.69) is 96.1 Å². The van der Waals surface area contributed by atoms with E-state index in [1.165, 1.54) is 24.9 Å². The third-order valence-electron chi connectivity index (χ3n) is 7.31. The molecular weight excluding hydrogens is 530 g/mol. The molecule has 5 nitrogen and oxygen atoms in total. The zero-order valence-electron chi connectivity index (χ0n) is 25.3. The summed E-state index contributed by atoms with van der Waals surface area (Å²) >= 11 is 0. The Balaban J connectivity index is 0. The molecule has 5 heteroatoms. The second-order valence-corrected chi connectivity index (χ2v) is 13.1. The van der Waals surface area contributed by atoms with Crippen molar-refractivity contribution in [2.75, 3.05) is 67.2 Å². The van der Waals surface area contributed by atoms with Gasteiger partial charge in [-0.05, 0) is 72.2 Å². The molecular formula is C38H67N3O2+2. The summed E-state index contributed by atoms with van der Waals surface area (Å²) in [5.74, 6) is 0.372. The molecule has 0 unspecified atom stereocenters. The summed E-state index contributed by atoms with van der Waals surface area (Å²) in [6, 6.07) is 19.2. The van der Waals surface area contributed by atoms with Crippen LogP contribution in [0.2, 0.25) is 0 Å². The smallest absolute Gasteiger partial charge is 0.125 e. The standard InChI is InChI=1S/C34H49N3O2.4CH4/c1-26-33(38)30(23-28-14-12-27(13-15-28)11-8-9-21-36(2,3)4)25-31(34(26)39)24-29-16-18-32(19-17-29)35-20-10-22-37(5,6)7;;;;/h12-19,25,35H,8-11,20-24H2,1-7H3;4*1H4/p+2. The number of quaternary nitrogens is 2. The number of hydrogen-bond acceptors (Lipinski definition) is 3. The predicted octanol–water partition coefficient (Wildman–Crippen LogP) is 8.67. The topological polar surface area (TPSA) is 52.5 Å². The summed E-state index contributed by atoms with van der Waals surface area (Å²) in [4.78, 5) is 0. The molecule has 0 bridgehead atoms. The van der Waals surface area contributed by atoms with Crippen molar-refractivity contribution < 1.29 is 19.2 Å². The number of rotatable bonds is 14. The number of phenolic OH excluding ortho intramolecular Hbond substituents is 2. The molecule has 0 aromatic heterocycles. The number of nitrogens with zero attached hydrogens (tertiary/aromatic N) is 2. The fraction of sp³-hybridized carbons (Fsp3) is 0.526. The molecule has 0 saturated carbocycles. The minimum Gasteiger partial charge on any atom is -0.507 e. The minimum absolute atomic E-state index is 0. The normalized spacial score (nSPS) is 11.0. The summed E-state index contributed by atoms with van der Waals surface area (Å²) in [6.07, 6.45) is 5.90. The van der Waals surface area contributed by atoms with E-state index in [1.54, 1.807) is 6.92 Å². The van der Waals surface area contributed by atoms with Gasteiger partial charge in [0.15, 0.2) is 0 Å². The van der Waals surface area contributed by atoms with Crippen molar-refractivity contribution in [1.82, 2.24) is 0 Å². The van der Waals surface area contributed by atoms with E-state index in [0.717, 1.165) is 62.8 Å². The molecule has 3 aromatic carbocycles. The summed E-state index contributed by atoms with van der Waals surface area (Å²) in [7, 11) is 13.4. The van der Waals surface area contributed by atoms with Crippen LogP contribution >= 0.6 is 0 Å². The average Bonchev–Trinajstić information content (AvgIpc) is 2.87. The van der Waals surface area contributed by atoms with Gasteiger partial charge in [-0.25, -0.2) is 0 Å². The molecule has 244 valence electrons. The van der Waals surface area contributed by atoms with Gasteiger partial charge in [-0.1, -0.05) is 66.1 Å².